The van der Waals surface area contributed by atoms with Crippen molar-refractivity contribution in [1.29, 1.82) is 0 Å². The second-order valence-corrected chi connectivity index (χ2v) is 6.35. The summed E-state index contributed by atoms with van der Waals surface area (Å²) in [5.41, 5.74) is 3.00. The van der Waals surface area contributed by atoms with Gasteiger partial charge in [0.25, 0.3) is 0 Å². The third kappa shape index (κ3) is 2.42. The van der Waals surface area contributed by atoms with Crippen molar-refractivity contribution in [3.63, 3.8) is 0 Å². The van der Waals surface area contributed by atoms with Crippen LogP contribution in [0.3, 0.4) is 0 Å². The molecule has 1 aliphatic rings. The summed E-state index contributed by atoms with van der Waals surface area (Å²) in [4.78, 5) is 16.7. The minimum Gasteiger partial charge on any atom is -0.351 e. The van der Waals surface area contributed by atoms with Gasteiger partial charge in [0, 0.05) is 42.4 Å². The molecule has 106 valence electrons. The lowest BCUT2D eigenvalue weighted by atomic mass is 10.2. The number of aromatic nitrogens is 3. The maximum absolute atomic E-state index is 12.4. The largest absolute Gasteiger partial charge is 0.351 e. The van der Waals surface area contributed by atoms with Crippen molar-refractivity contribution in [2.45, 2.75) is 37.9 Å². The van der Waals surface area contributed by atoms with Gasteiger partial charge in [0.05, 0.1) is 5.75 Å². The lowest BCUT2D eigenvalue weighted by Crippen LogP contribution is -2.06. The van der Waals surface area contributed by atoms with Gasteiger partial charge in [-0.05, 0) is 32.8 Å². The van der Waals surface area contributed by atoms with E-state index in [1.807, 2.05) is 39.4 Å². The minimum atomic E-state index is 0.182. The van der Waals surface area contributed by atoms with Gasteiger partial charge in [-0.2, -0.15) is 0 Å². The number of aryl methyl sites for hydroxylation is 1. The first-order valence-corrected chi connectivity index (χ1v) is 7.88. The highest BCUT2D eigenvalue weighted by atomic mass is 32.2. The van der Waals surface area contributed by atoms with Gasteiger partial charge in [0.1, 0.15) is 0 Å². The highest BCUT2D eigenvalue weighted by Crippen LogP contribution is 2.37. The van der Waals surface area contributed by atoms with Crippen molar-refractivity contribution in [2.75, 3.05) is 5.75 Å². The van der Waals surface area contributed by atoms with E-state index < -0.39 is 0 Å². The Bertz CT molecular complexity index is 652. The molecule has 1 fully saturated rings. The zero-order valence-electron chi connectivity index (χ0n) is 12.1. The summed E-state index contributed by atoms with van der Waals surface area (Å²) in [7, 11) is 1.99. The van der Waals surface area contributed by atoms with Gasteiger partial charge in [0.15, 0.2) is 10.9 Å². The first-order valence-electron chi connectivity index (χ1n) is 6.89. The van der Waals surface area contributed by atoms with Gasteiger partial charge in [-0.3, -0.25) is 4.79 Å². The number of hydrogen-bond acceptors (Lipinski definition) is 3. The highest BCUT2D eigenvalue weighted by molar-refractivity contribution is 7.99. The van der Waals surface area contributed by atoms with Crippen LogP contribution in [0.5, 0.6) is 0 Å². The Balaban J connectivity index is 1.70. The summed E-state index contributed by atoms with van der Waals surface area (Å²) in [6.45, 7) is 4.02. The van der Waals surface area contributed by atoms with E-state index in [2.05, 4.69) is 14.1 Å². The molecule has 0 bridgehead atoms. The molecule has 1 aliphatic carbocycles. The minimum absolute atomic E-state index is 0.182. The quantitative estimate of drug-likeness (QED) is 0.627. The second kappa shape index (κ2) is 5.13. The van der Waals surface area contributed by atoms with Crippen molar-refractivity contribution in [3.8, 4) is 0 Å². The molecule has 5 heteroatoms. The van der Waals surface area contributed by atoms with Gasteiger partial charge in [-0.15, -0.1) is 0 Å². The zero-order chi connectivity index (χ0) is 14.3. The Morgan fingerprint density at radius 2 is 2.20 bits per heavy atom. The van der Waals surface area contributed by atoms with Gasteiger partial charge in [-0.1, -0.05) is 11.8 Å². The summed E-state index contributed by atoms with van der Waals surface area (Å²) in [6.07, 6.45) is 6.30. The summed E-state index contributed by atoms with van der Waals surface area (Å²) in [5, 5.41) is 0.964. The molecule has 2 aromatic heterocycles. The first kappa shape index (κ1) is 13.5. The molecular formula is C15H19N3OS. The van der Waals surface area contributed by atoms with Crippen LogP contribution in [0, 0.1) is 13.8 Å². The molecule has 0 unspecified atom stereocenters. The van der Waals surface area contributed by atoms with Gasteiger partial charge in [-0.25, -0.2) is 4.98 Å². The summed E-state index contributed by atoms with van der Waals surface area (Å²) in [5.74, 6) is 0.634. The van der Waals surface area contributed by atoms with Crippen LogP contribution in [-0.2, 0) is 7.05 Å². The fraction of sp³-hybridized carbons (Fsp3) is 0.467. The zero-order valence-corrected chi connectivity index (χ0v) is 12.9. The molecule has 2 aromatic rings. The van der Waals surface area contributed by atoms with E-state index in [-0.39, 0.29) is 5.78 Å². The molecule has 20 heavy (non-hydrogen) atoms. The van der Waals surface area contributed by atoms with Gasteiger partial charge in [0.2, 0.25) is 0 Å². The summed E-state index contributed by atoms with van der Waals surface area (Å²) in [6, 6.07) is 2.59. The van der Waals surface area contributed by atoms with Gasteiger partial charge < -0.3 is 9.13 Å². The molecule has 0 radical (unpaired) electrons. The molecule has 4 nitrogen and oxygen atoms in total. The van der Waals surface area contributed by atoms with E-state index in [0.717, 1.165) is 22.1 Å². The molecular weight excluding hydrogens is 270 g/mol. The van der Waals surface area contributed by atoms with Crippen molar-refractivity contribution < 1.29 is 4.79 Å². The molecule has 0 spiro atoms. The standard InChI is InChI=1S/C15H19N3OS/c1-10-8-13(11(2)17(10)3)14(19)9-20-15-16-6-7-18(15)12-4-5-12/h6-8,12H,4-5,9H2,1-3H3. The Morgan fingerprint density at radius 1 is 1.45 bits per heavy atom. The fourth-order valence-electron chi connectivity index (χ4n) is 2.39. The van der Waals surface area contributed by atoms with Crippen LogP contribution < -0.4 is 0 Å². The molecule has 0 aliphatic heterocycles. The number of rotatable bonds is 5. The summed E-state index contributed by atoms with van der Waals surface area (Å²) < 4.78 is 4.25. The number of carbonyl (C=O) groups excluding carboxylic acids is 1. The predicted molar refractivity (Wildman–Crippen MR) is 80.4 cm³/mol. The van der Waals surface area contributed by atoms with E-state index in [4.69, 9.17) is 0 Å². The van der Waals surface area contributed by atoms with Crippen molar-refractivity contribution in [3.05, 3.63) is 35.4 Å². The number of ketones is 1. The van der Waals surface area contributed by atoms with Crippen LogP contribution in [0.2, 0.25) is 0 Å². The Hall–Kier alpha value is -1.49. The number of nitrogens with zero attached hydrogens (tertiary/aromatic N) is 3. The average molecular weight is 289 g/mol. The van der Waals surface area contributed by atoms with Crippen LogP contribution in [0.25, 0.3) is 0 Å². The van der Waals surface area contributed by atoms with Crippen LogP contribution in [0.4, 0.5) is 0 Å². The maximum atomic E-state index is 12.4. The first-order chi connectivity index (χ1) is 9.58. The SMILES string of the molecule is Cc1cc(C(=O)CSc2nccn2C2CC2)c(C)n1C. The third-order valence-electron chi connectivity index (χ3n) is 3.98. The van der Waals surface area contributed by atoms with E-state index in [0.29, 0.717) is 11.8 Å². The van der Waals surface area contributed by atoms with Crippen molar-refractivity contribution in [2.24, 2.45) is 7.05 Å². The van der Waals surface area contributed by atoms with E-state index in [9.17, 15) is 4.79 Å². The van der Waals surface area contributed by atoms with Gasteiger partial charge >= 0.3 is 0 Å². The molecule has 0 amide bonds. The van der Waals surface area contributed by atoms with E-state index in [1.165, 1.54) is 12.8 Å². The Kier molecular flexibility index (Phi) is 3.46. The van der Waals surface area contributed by atoms with E-state index in [1.54, 1.807) is 11.8 Å². The molecule has 1 saturated carbocycles. The lowest BCUT2D eigenvalue weighted by Gasteiger charge is -2.05. The second-order valence-electron chi connectivity index (χ2n) is 5.40. The van der Waals surface area contributed by atoms with Crippen LogP contribution in [0.1, 0.15) is 40.6 Å². The summed E-state index contributed by atoms with van der Waals surface area (Å²) >= 11 is 1.54. The topological polar surface area (TPSA) is 39.8 Å². The number of carbonyl (C=O) groups is 1. The Morgan fingerprint density at radius 3 is 2.80 bits per heavy atom. The number of Topliss-reactive ketones (excluding diaryl/α,β-unsaturated/α-hetero) is 1. The molecule has 0 aromatic carbocycles. The maximum Gasteiger partial charge on any atom is 0.175 e. The predicted octanol–water partition coefficient (Wildman–Crippen LogP) is 3.15. The number of thioether (sulfide) groups is 1. The fourth-order valence-corrected chi connectivity index (χ4v) is 3.30. The molecule has 0 atom stereocenters. The number of hydrogen-bond donors (Lipinski definition) is 0. The van der Waals surface area contributed by atoms with Crippen molar-refractivity contribution >= 4 is 17.5 Å². The molecule has 0 N–H and O–H groups in total. The monoisotopic (exact) mass is 289 g/mol. The molecule has 0 saturated heterocycles. The van der Waals surface area contributed by atoms with E-state index >= 15 is 0 Å². The van der Waals surface area contributed by atoms with Crippen LogP contribution in [-0.4, -0.2) is 25.7 Å². The number of imidazole rings is 1. The normalized spacial score (nSPS) is 14.8. The smallest absolute Gasteiger partial charge is 0.175 e. The van der Waals surface area contributed by atoms with Crippen LogP contribution >= 0.6 is 11.8 Å². The van der Waals surface area contributed by atoms with Crippen molar-refractivity contribution in [1.82, 2.24) is 14.1 Å². The third-order valence-corrected chi connectivity index (χ3v) is 4.96. The molecule has 2 heterocycles. The highest BCUT2D eigenvalue weighted by Gasteiger charge is 2.26. The molecule has 3 rings (SSSR count). The van der Waals surface area contributed by atoms with Crippen LogP contribution in [0.15, 0.2) is 23.6 Å². The Labute approximate surface area is 123 Å². The lowest BCUT2D eigenvalue weighted by molar-refractivity contribution is 0.102. The average Bonchev–Trinajstić information content (AvgIpc) is 3.12.